The molecule has 1 aromatic heterocycles. The van der Waals surface area contributed by atoms with Gasteiger partial charge >= 0.3 is 0 Å². The maximum absolute atomic E-state index is 6.07. The van der Waals surface area contributed by atoms with Crippen molar-refractivity contribution in [3.05, 3.63) is 18.2 Å². The number of hydrogen-bond acceptors (Lipinski definition) is 3. The van der Waals surface area contributed by atoms with Gasteiger partial charge in [-0.1, -0.05) is 13.8 Å². The fourth-order valence-corrected chi connectivity index (χ4v) is 2.54. The molecular weight excluding hydrogens is 226 g/mol. The van der Waals surface area contributed by atoms with Gasteiger partial charge in [0.15, 0.2) is 0 Å². The van der Waals surface area contributed by atoms with Gasteiger partial charge in [0.2, 0.25) is 0 Å². The van der Waals surface area contributed by atoms with Crippen molar-refractivity contribution in [3.8, 4) is 0 Å². The van der Waals surface area contributed by atoms with Crippen LogP contribution in [0.4, 0.5) is 0 Å². The second kappa shape index (κ2) is 6.90. The van der Waals surface area contributed by atoms with Gasteiger partial charge in [-0.15, -0.1) is 0 Å². The standard InChI is InChI=1S/C14H25N3O/c1-3-7-15-10-12-5-6-13(18-12)11-17-9-8-16-14(17)4-2/h8-9,12-13,15H,3-7,10-11H2,1-2H3. The van der Waals surface area contributed by atoms with Crippen LogP contribution in [-0.4, -0.2) is 34.8 Å². The third-order valence-corrected chi connectivity index (χ3v) is 3.51. The molecule has 1 N–H and O–H groups in total. The molecule has 2 atom stereocenters. The van der Waals surface area contributed by atoms with Crippen LogP contribution in [0.2, 0.25) is 0 Å². The Bertz CT molecular complexity index is 351. The fourth-order valence-electron chi connectivity index (χ4n) is 2.54. The predicted octanol–water partition coefficient (Wildman–Crippen LogP) is 1.99. The normalized spacial score (nSPS) is 23.7. The molecule has 0 aliphatic carbocycles. The lowest BCUT2D eigenvalue weighted by Crippen LogP contribution is -2.28. The van der Waals surface area contributed by atoms with Crippen LogP contribution in [0.1, 0.15) is 38.9 Å². The van der Waals surface area contributed by atoms with Crippen molar-refractivity contribution in [2.24, 2.45) is 0 Å². The van der Waals surface area contributed by atoms with Crippen molar-refractivity contribution in [1.82, 2.24) is 14.9 Å². The highest BCUT2D eigenvalue weighted by atomic mass is 16.5. The molecule has 0 bridgehead atoms. The molecule has 1 fully saturated rings. The molecule has 4 nitrogen and oxygen atoms in total. The predicted molar refractivity (Wildman–Crippen MR) is 72.7 cm³/mol. The summed E-state index contributed by atoms with van der Waals surface area (Å²) in [4.78, 5) is 4.35. The van der Waals surface area contributed by atoms with Crippen LogP contribution in [0.5, 0.6) is 0 Å². The minimum absolute atomic E-state index is 0.359. The third kappa shape index (κ3) is 3.56. The molecule has 0 saturated carbocycles. The molecule has 102 valence electrons. The number of rotatable bonds is 7. The Hall–Kier alpha value is -0.870. The third-order valence-electron chi connectivity index (χ3n) is 3.51. The van der Waals surface area contributed by atoms with E-state index in [0.29, 0.717) is 12.2 Å². The van der Waals surface area contributed by atoms with Crippen LogP contribution < -0.4 is 5.32 Å². The van der Waals surface area contributed by atoms with Crippen molar-refractivity contribution in [2.75, 3.05) is 13.1 Å². The van der Waals surface area contributed by atoms with E-state index in [0.717, 1.165) is 31.9 Å². The highest BCUT2D eigenvalue weighted by molar-refractivity contribution is 4.93. The van der Waals surface area contributed by atoms with E-state index in [1.807, 2.05) is 6.20 Å². The Morgan fingerprint density at radius 3 is 3.00 bits per heavy atom. The first-order valence-electron chi connectivity index (χ1n) is 7.19. The van der Waals surface area contributed by atoms with Crippen molar-refractivity contribution < 1.29 is 4.74 Å². The van der Waals surface area contributed by atoms with Gasteiger partial charge < -0.3 is 14.6 Å². The minimum atomic E-state index is 0.359. The van der Waals surface area contributed by atoms with Gasteiger partial charge in [-0.3, -0.25) is 0 Å². The van der Waals surface area contributed by atoms with E-state index >= 15 is 0 Å². The molecule has 0 amide bonds. The summed E-state index contributed by atoms with van der Waals surface area (Å²) in [5, 5.41) is 3.43. The van der Waals surface area contributed by atoms with Gasteiger partial charge in [-0.2, -0.15) is 0 Å². The van der Waals surface area contributed by atoms with Gasteiger partial charge in [0, 0.05) is 25.4 Å². The average Bonchev–Trinajstić information content (AvgIpc) is 2.99. The number of aryl methyl sites for hydroxylation is 1. The van der Waals surface area contributed by atoms with Crippen molar-refractivity contribution in [1.29, 1.82) is 0 Å². The summed E-state index contributed by atoms with van der Waals surface area (Å²) in [5.74, 6) is 1.16. The van der Waals surface area contributed by atoms with Crippen molar-refractivity contribution >= 4 is 0 Å². The number of imidazole rings is 1. The van der Waals surface area contributed by atoms with E-state index in [2.05, 4.69) is 34.9 Å². The summed E-state index contributed by atoms with van der Waals surface area (Å²) in [7, 11) is 0. The topological polar surface area (TPSA) is 39.1 Å². The Balaban J connectivity index is 1.75. The van der Waals surface area contributed by atoms with Gasteiger partial charge in [0.25, 0.3) is 0 Å². The first-order valence-corrected chi connectivity index (χ1v) is 7.19. The first-order chi connectivity index (χ1) is 8.83. The highest BCUT2D eigenvalue weighted by Crippen LogP contribution is 2.21. The quantitative estimate of drug-likeness (QED) is 0.753. The largest absolute Gasteiger partial charge is 0.372 e. The maximum Gasteiger partial charge on any atom is 0.108 e. The van der Waals surface area contributed by atoms with Crippen LogP contribution in [0.3, 0.4) is 0 Å². The highest BCUT2D eigenvalue weighted by Gasteiger charge is 2.25. The van der Waals surface area contributed by atoms with E-state index in [9.17, 15) is 0 Å². The number of hydrogen-bond donors (Lipinski definition) is 1. The smallest absolute Gasteiger partial charge is 0.108 e. The van der Waals surface area contributed by atoms with Crippen LogP contribution in [0.25, 0.3) is 0 Å². The second-order valence-electron chi connectivity index (χ2n) is 5.01. The molecule has 4 heteroatoms. The zero-order valence-corrected chi connectivity index (χ0v) is 11.6. The summed E-state index contributed by atoms with van der Waals surface area (Å²) in [6.07, 6.45) is 9.22. The molecule has 1 aliphatic rings. The number of aromatic nitrogens is 2. The maximum atomic E-state index is 6.07. The summed E-state index contributed by atoms with van der Waals surface area (Å²) in [6, 6.07) is 0. The van der Waals surface area contributed by atoms with Crippen LogP contribution in [0, 0.1) is 0 Å². The SMILES string of the molecule is CCCNCC1CCC(Cn2ccnc2CC)O1. The van der Waals surface area contributed by atoms with Crippen LogP contribution in [0.15, 0.2) is 12.4 Å². The molecule has 0 aromatic carbocycles. The Kier molecular flexibility index (Phi) is 5.20. The van der Waals surface area contributed by atoms with E-state index in [-0.39, 0.29) is 0 Å². The number of ether oxygens (including phenoxy) is 1. The molecule has 1 aliphatic heterocycles. The minimum Gasteiger partial charge on any atom is -0.372 e. The first kappa shape index (κ1) is 13.6. The lowest BCUT2D eigenvalue weighted by Gasteiger charge is -2.15. The zero-order valence-electron chi connectivity index (χ0n) is 11.6. The van der Waals surface area contributed by atoms with Crippen molar-refractivity contribution in [3.63, 3.8) is 0 Å². The molecule has 2 unspecified atom stereocenters. The average molecular weight is 251 g/mol. The van der Waals surface area contributed by atoms with E-state index in [4.69, 9.17) is 4.74 Å². The fraction of sp³-hybridized carbons (Fsp3) is 0.786. The molecule has 18 heavy (non-hydrogen) atoms. The van der Waals surface area contributed by atoms with Gasteiger partial charge in [0.05, 0.1) is 18.8 Å². The van der Waals surface area contributed by atoms with Gasteiger partial charge in [0.1, 0.15) is 5.82 Å². The monoisotopic (exact) mass is 251 g/mol. The van der Waals surface area contributed by atoms with E-state index in [1.54, 1.807) is 0 Å². The molecule has 1 aromatic rings. The molecule has 0 radical (unpaired) electrons. The van der Waals surface area contributed by atoms with Gasteiger partial charge in [-0.25, -0.2) is 4.98 Å². The molecule has 0 spiro atoms. The number of nitrogens with zero attached hydrogens (tertiary/aromatic N) is 2. The Morgan fingerprint density at radius 1 is 1.39 bits per heavy atom. The zero-order chi connectivity index (χ0) is 12.8. The molecular formula is C14H25N3O. The lowest BCUT2D eigenvalue weighted by molar-refractivity contribution is 0.0358. The van der Waals surface area contributed by atoms with Gasteiger partial charge in [-0.05, 0) is 25.8 Å². The van der Waals surface area contributed by atoms with E-state index in [1.165, 1.54) is 19.3 Å². The summed E-state index contributed by atoms with van der Waals surface area (Å²) < 4.78 is 8.30. The van der Waals surface area contributed by atoms with E-state index < -0.39 is 0 Å². The molecule has 1 saturated heterocycles. The van der Waals surface area contributed by atoms with Crippen molar-refractivity contribution in [2.45, 2.75) is 58.3 Å². The second-order valence-corrected chi connectivity index (χ2v) is 5.01. The molecule has 2 heterocycles. The summed E-state index contributed by atoms with van der Waals surface area (Å²) in [6.45, 7) is 7.37. The summed E-state index contributed by atoms with van der Waals surface area (Å²) >= 11 is 0. The number of nitrogens with one attached hydrogen (secondary N) is 1. The molecule has 2 rings (SSSR count). The van der Waals surface area contributed by atoms with Crippen LogP contribution >= 0.6 is 0 Å². The van der Waals surface area contributed by atoms with Crippen LogP contribution in [-0.2, 0) is 17.7 Å². The lowest BCUT2D eigenvalue weighted by atomic mass is 10.2. The Labute approximate surface area is 110 Å². The summed E-state index contributed by atoms with van der Waals surface area (Å²) in [5.41, 5.74) is 0. The Morgan fingerprint density at radius 2 is 2.22 bits per heavy atom.